The van der Waals surface area contributed by atoms with E-state index in [4.69, 9.17) is 9.97 Å². The Balaban J connectivity index is 1.58. The summed E-state index contributed by atoms with van der Waals surface area (Å²) in [6.45, 7) is 6.30. The van der Waals surface area contributed by atoms with Crippen LogP contribution in [0.5, 0.6) is 0 Å². The molecule has 0 saturated heterocycles. The topological polar surface area (TPSA) is 69.3 Å². The number of aromatic nitrogens is 4. The van der Waals surface area contributed by atoms with Gasteiger partial charge in [0, 0.05) is 18.0 Å². The Hall–Kier alpha value is -3.71. The zero-order valence-corrected chi connectivity index (χ0v) is 20.7. The number of para-hydroxylation sites is 1. The monoisotopic (exact) mass is 482 g/mol. The van der Waals surface area contributed by atoms with Gasteiger partial charge in [-0.1, -0.05) is 55.9 Å². The first-order valence-corrected chi connectivity index (χ1v) is 12.7. The molecule has 3 heterocycles. The lowest BCUT2D eigenvalue weighted by Crippen LogP contribution is -2.22. The van der Waals surface area contributed by atoms with Gasteiger partial charge in [-0.2, -0.15) is 0 Å². The summed E-state index contributed by atoms with van der Waals surface area (Å²) < 4.78 is 3.21. The normalized spacial score (nSPS) is 12.3. The minimum Gasteiger partial charge on any atom is -0.269 e. The molecule has 35 heavy (non-hydrogen) atoms. The second-order valence-electron chi connectivity index (χ2n) is 8.71. The Morgan fingerprint density at radius 2 is 1.74 bits per heavy atom. The van der Waals surface area contributed by atoms with Gasteiger partial charge in [0.15, 0.2) is 5.16 Å². The summed E-state index contributed by atoms with van der Waals surface area (Å²) in [5, 5.41) is 1.14. The highest BCUT2D eigenvalue weighted by molar-refractivity contribution is 7.98. The smallest absolute Gasteiger partial charge is 0.266 e. The Kier molecular flexibility index (Phi) is 6.26. The van der Waals surface area contributed by atoms with Crippen molar-refractivity contribution in [2.45, 2.75) is 44.0 Å². The third-order valence-electron chi connectivity index (χ3n) is 6.37. The van der Waals surface area contributed by atoms with E-state index in [1.807, 2.05) is 49.4 Å². The summed E-state index contributed by atoms with van der Waals surface area (Å²) >= 11 is 1.40. The van der Waals surface area contributed by atoms with Crippen molar-refractivity contribution in [3.8, 4) is 5.69 Å². The Morgan fingerprint density at radius 1 is 0.971 bits per heavy atom. The van der Waals surface area contributed by atoms with Crippen LogP contribution < -0.4 is 11.1 Å². The first-order chi connectivity index (χ1) is 17.0. The van der Waals surface area contributed by atoms with Crippen molar-refractivity contribution in [1.29, 1.82) is 0 Å². The van der Waals surface area contributed by atoms with Gasteiger partial charge >= 0.3 is 0 Å². The highest BCUT2D eigenvalue weighted by Crippen LogP contribution is 2.26. The molecule has 1 atom stereocenters. The van der Waals surface area contributed by atoms with Crippen LogP contribution >= 0.6 is 11.8 Å². The molecule has 5 aromatic rings. The van der Waals surface area contributed by atoms with E-state index in [1.54, 1.807) is 27.3 Å². The predicted molar refractivity (Wildman–Crippen MR) is 142 cm³/mol. The fourth-order valence-electron chi connectivity index (χ4n) is 4.15. The van der Waals surface area contributed by atoms with Crippen LogP contribution in [0.2, 0.25) is 0 Å². The predicted octanol–water partition coefficient (Wildman–Crippen LogP) is 5.51. The summed E-state index contributed by atoms with van der Waals surface area (Å²) in [6, 6.07) is 20.8. The highest BCUT2D eigenvalue weighted by atomic mass is 32.2. The van der Waals surface area contributed by atoms with Crippen molar-refractivity contribution in [1.82, 2.24) is 18.9 Å². The van der Waals surface area contributed by atoms with E-state index in [0.29, 0.717) is 39.1 Å². The minimum absolute atomic E-state index is 0.114. The molecule has 0 bridgehead atoms. The number of benzene rings is 2. The van der Waals surface area contributed by atoms with Gasteiger partial charge in [-0.25, -0.2) is 9.97 Å². The molecule has 176 valence electrons. The molecule has 0 aliphatic rings. The standard InChI is InChI=1S/C28H26N4O2S/c1-4-18(2)20-11-13-22(14-12-20)32-27(34)23-9-5-6-10-24(23)30-28(32)35-17-21-16-25(33)31-15-7-8-19(3)26(31)29-21/h5-16,18H,4,17H2,1-3H3. The Labute approximate surface area is 207 Å². The maximum atomic E-state index is 13.6. The molecule has 1 unspecified atom stereocenters. The molecule has 0 fully saturated rings. The first kappa shape index (κ1) is 23.1. The van der Waals surface area contributed by atoms with Gasteiger partial charge in [0.2, 0.25) is 0 Å². The van der Waals surface area contributed by atoms with Gasteiger partial charge in [0.25, 0.3) is 11.1 Å². The molecule has 0 aliphatic heterocycles. The van der Waals surface area contributed by atoms with Gasteiger partial charge in [0.05, 0.1) is 22.3 Å². The minimum atomic E-state index is -0.126. The average molecular weight is 483 g/mol. The lowest BCUT2D eigenvalue weighted by atomic mass is 9.98. The molecule has 7 heteroatoms. The van der Waals surface area contributed by atoms with Crippen LogP contribution in [-0.2, 0) is 5.75 Å². The molecule has 0 N–H and O–H groups in total. The molecule has 2 aromatic carbocycles. The number of thioether (sulfide) groups is 1. The number of pyridine rings is 1. The van der Waals surface area contributed by atoms with Crippen LogP contribution in [0.25, 0.3) is 22.2 Å². The fourth-order valence-corrected chi connectivity index (χ4v) is 5.05. The Bertz CT molecular complexity index is 1650. The number of hydrogen-bond acceptors (Lipinski definition) is 5. The van der Waals surface area contributed by atoms with Crippen LogP contribution in [0, 0.1) is 6.92 Å². The van der Waals surface area contributed by atoms with E-state index in [-0.39, 0.29) is 11.1 Å². The molecule has 3 aromatic heterocycles. The molecule has 0 spiro atoms. The van der Waals surface area contributed by atoms with Crippen LogP contribution in [0.4, 0.5) is 0 Å². The van der Waals surface area contributed by atoms with E-state index >= 15 is 0 Å². The largest absolute Gasteiger partial charge is 0.269 e. The van der Waals surface area contributed by atoms with Crippen LogP contribution in [0.3, 0.4) is 0 Å². The second kappa shape index (κ2) is 9.50. The highest BCUT2D eigenvalue weighted by Gasteiger charge is 2.15. The number of fused-ring (bicyclic) bond motifs is 2. The van der Waals surface area contributed by atoms with E-state index in [1.165, 1.54) is 17.3 Å². The average Bonchev–Trinajstić information content (AvgIpc) is 2.88. The lowest BCUT2D eigenvalue weighted by Gasteiger charge is -2.15. The molecule has 0 amide bonds. The van der Waals surface area contributed by atoms with Crippen molar-refractivity contribution in [2.24, 2.45) is 0 Å². The molecular formula is C28H26N4O2S. The van der Waals surface area contributed by atoms with Crippen molar-refractivity contribution >= 4 is 28.3 Å². The fraction of sp³-hybridized carbons (Fsp3) is 0.214. The van der Waals surface area contributed by atoms with Gasteiger partial charge in [-0.05, 0) is 60.7 Å². The first-order valence-electron chi connectivity index (χ1n) is 11.7. The van der Waals surface area contributed by atoms with Gasteiger partial charge < -0.3 is 0 Å². The molecule has 0 saturated carbocycles. The van der Waals surface area contributed by atoms with Crippen molar-refractivity contribution in [3.63, 3.8) is 0 Å². The van der Waals surface area contributed by atoms with E-state index in [9.17, 15) is 9.59 Å². The second-order valence-corrected chi connectivity index (χ2v) is 9.65. The third-order valence-corrected chi connectivity index (χ3v) is 7.34. The molecular weight excluding hydrogens is 456 g/mol. The summed E-state index contributed by atoms with van der Waals surface area (Å²) in [6.07, 6.45) is 2.77. The van der Waals surface area contributed by atoms with Gasteiger partial charge in [-0.3, -0.25) is 18.6 Å². The van der Waals surface area contributed by atoms with Crippen LogP contribution in [-0.4, -0.2) is 18.9 Å². The number of nitrogens with zero attached hydrogens (tertiary/aromatic N) is 4. The van der Waals surface area contributed by atoms with Crippen molar-refractivity contribution in [2.75, 3.05) is 0 Å². The zero-order valence-electron chi connectivity index (χ0n) is 19.9. The van der Waals surface area contributed by atoms with Crippen molar-refractivity contribution in [3.05, 3.63) is 110 Å². The van der Waals surface area contributed by atoms with E-state index in [2.05, 4.69) is 26.0 Å². The van der Waals surface area contributed by atoms with Crippen LogP contribution in [0.1, 0.15) is 43.0 Å². The summed E-state index contributed by atoms with van der Waals surface area (Å²) in [5.41, 5.74) is 4.63. The third kappa shape index (κ3) is 4.39. The summed E-state index contributed by atoms with van der Waals surface area (Å²) in [5.74, 6) is 0.862. The number of hydrogen-bond donors (Lipinski definition) is 0. The molecule has 0 aliphatic carbocycles. The molecule has 0 radical (unpaired) electrons. The lowest BCUT2D eigenvalue weighted by molar-refractivity contribution is 0.732. The zero-order chi connectivity index (χ0) is 24.5. The number of rotatable bonds is 6. The summed E-state index contributed by atoms with van der Waals surface area (Å²) in [4.78, 5) is 35.7. The quantitative estimate of drug-likeness (QED) is 0.236. The van der Waals surface area contributed by atoms with Gasteiger partial charge in [-0.15, -0.1) is 0 Å². The summed E-state index contributed by atoms with van der Waals surface area (Å²) in [7, 11) is 0. The van der Waals surface area contributed by atoms with Gasteiger partial charge in [0.1, 0.15) is 5.65 Å². The van der Waals surface area contributed by atoms with Crippen LogP contribution in [0.15, 0.2) is 87.7 Å². The maximum absolute atomic E-state index is 13.6. The van der Waals surface area contributed by atoms with Crippen molar-refractivity contribution < 1.29 is 0 Å². The molecule has 5 rings (SSSR count). The molecule has 6 nitrogen and oxygen atoms in total. The number of aryl methyl sites for hydroxylation is 1. The maximum Gasteiger partial charge on any atom is 0.266 e. The SMILES string of the molecule is CCC(C)c1ccc(-n2c(SCc3cc(=O)n4cccc(C)c4n3)nc3ccccc3c2=O)cc1. The van der Waals surface area contributed by atoms with E-state index < -0.39 is 0 Å². The Morgan fingerprint density at radius 3 is 2.51 bits per heavy atom. The van der Waals surface area contributed by atoms with E-state index in [0.717, 1.165) is 17.7 Å².